The second-order valence-electron chi connectivity index (χ2n) is 6.46. The molecule has 0 bridgehead atoms. The van der Waals surface area contributed by atoms with Crippen LogP contribution in [0.2, 0.25) is 0 Å². The molecule has 0 saturated carbocycles. The molecule has 1 fully saturated rings. The Bertz CT molecular complexity index is 694. The van der Waals surface area contributed by atoms with Gasteiger partial charge in [-0.15, -0.1) is 0 Å². The molecule has 2 amide bonds. The predicted octanol–water partition coefficient (Wildman–Crippen LogP) is 1.90. The quantitative estimate of drug-likeness (QED) is 0.881. The molecular weight excluding hydrogens is 302 g/mol. The zero-order chi connectivity index (χ0) is 16.9. The van der Waals surface area contributed by atoms with Crippen LogP contribution in [0.15, 0.2) is 24.5 Å². The molecule has 130 valence electrons. The fraction of sp³-hybridized carbons (Fsp3) is 0.556. The molecule has 0 aliphatic carbocycles. The molecule has 1 aliphatic heterocycles. The number of hydrogen-bond acceptors (Lipinski definition) is 3. The average molecular weight is 329 g/mol. The largest absolute Gasteiger partial charge is 0.338 e. The van der Waals surface area contributed by atoms with E-state index < -0.39 is 0 Å². The van der Waals surface area contributed by atoms with E-state index in [1.165, 1.54) is 10.9 Å². The fourth-order valence-electron chi connectivity index (χ4n) is 3.52. The van der Waals surface area contributed by atoms with Crippen LogP contribution in [-0.2, 0) is 13.5 Å². The summed E-state index contributed by atoms with van der Waals surface area (Å²) in [4.78, 5) is 18.9. The number of fused-ring (bicyclic) bond motifs is 1. The number of aryl methyl sites for hydroxylation is 1. The maximum atomic E-state index is 12.5. The van der Waals surface area contributed by atoms with Gasteiger partial charge in [-0.2, -0.15) is 0 Å². The van der Waals surface area contributed by atoms with Gasteiger partial charge in [0.1, 0.15) is 5.65 Å². The summed E-state index contributed by atoms with van der Waals surface area (Å²) in [6.45, 7) is 5.38. The third-order valence-electron chi connectivity index (χ3n) is 4.72. The van der Waals surface area contributed by atoms with Gasteiger partial charge in [-0.05, 0) is 30.5 Å². The van der Waals surface area contributed by atoms with Crippen LogP contribution in [0, 0.1) is 0 Å². The second kappa shape index (κ2) is 7.66. The van der Waals surface area contributed by atoms with Gasteiger partial charge in [-0.1, -0.05) is 13.3 Å². The third kappa shape index (κ3) is 3.53. The van der Waals surface area contributed by atoms with Crippen LogP contribution in [0.25, 0.3) is 11.0 Å². The van der Waals surface area contributed by atoms with Gasteiger partial charge in [0.15, 0.2) is 0 Å². The molecular formula is C18H27N5O. The molecule has 3 rings (SSSR count). The number of pyridine rings is 1. The first kappa shape index (κ1) is 16.8. The van der Waals surface area contributed by atoms with Gasteiger partial charge in [0, 0.05) is 57.0 Å². The Morgan fingerprint density at radius 3 is 3.21 bits per heavy atom. The SMILES string of the molecule is CCCC1CNCCN1C(=O)NCCc1cn(C)c2ncccc12. The van der Waals surface area contributed by atoms with Crippen molar-refractivity contribution in [1.82, 2.24) is 25.1 Å². The maximum absolute atomic E-state index is 12.5. The van der Waals surface area contributed by atoms with Crippen molar-refractivity contribution in [3.05, 3.63) is 30.1 Å². The van der Waals surface area contributed by atoms with Crippen molar-refractivity contribution in [2.75, 3.05) is 26.2 Å². The predicted molar refractivity (Wildman–Crippen MR) is 96.1 cm³/mol. The van der Waals surface area contributed by atoms with Gasteiger partial charge in [-0.25, -0.2) is 9.78 Å². The summed E-state index contributed by atoms with van der Waals surface area (Å²) in [6.07, 6.45) is 6.88. The standard InChI is InChI=1S/C18H27N5O/c1-3-5-15-12-19-10-11-23(15)18(24)21-9-7-14-13-22(2)17-16(14)6-4-8-20-17/h4,6,8,13,15,19H,3,5,7,9-12H2,1-2H3,(H,21,24). The first-order valence-electron chi connectivity index (χ1n) is 8.84. The van der Waals surface area contributed by atoms with E-state index in [4.69, 9.17) is 0 Å². The molecule has 2 aromatic rings. The van der Waals surface area contributed by atoms with E-state index in [0.29, 0.717) is 12.6 Å². The zero-order valence-electron chi connectivity index (χ0n) is 14.6. The van der Waals surface area contributed by atoms with Crippen molar-refractivity contribution < 1.29 is 4.79 Å². The number of nitrogens with zero attached hydrogens (tertiary/aromatic N) is 3. The molecule has 2 aromatic heterocycles. The van der Waals surface area contributed by atoms with Crippen LogP contribution in [0.4, 0.5) is 4.79 Å². The Morgan fingerprint density at radius 2 is 2.38 bits per heavy atom. The Hall–Kier alpha value is -2.08. The number of urea groups is 1. The highest BCUT2D eigenvalue weighted by Crippen LogP contribution is 2.18. The minimum absolute atomic E-state index is 0.0633. The second-order valence-corrected chi connectivity index (χ2v) is 6.46. The molecule has 0 radical (unpaired) electrons. The highest BCUT2D eigenvalue weighted by molar-refractivity contribution is 5.80. The molecule has 2 N–H and O–H groups in total. The minimum Gasteiger partial charge on any atom is -0.338 e. The Balaban J connectivity index is 1.58. The van der Waals surface area contributed by atoms with Gasteiger partial charge in [0.05, 0.1) is 0 Å². The number of carbonyl (C=O) groups excluding carboxylic acids is 1. The number of nitrogens with one attached hydrogen (secondary N) is 2. The van der Waals surface area contributed by atoms with Crippen molar-refractivity contribution in [2.45, 2.75) is 32.2 Å². The summed E-state index contributed by atoms with van der Waals surface area (Å²) in [5.74, 6) is 0. The lowest BCUT2D eigenvalue weighted by Crippen LogP contribution is -2.56. The number of amides is 2. The highest BCUT2D eigenvalue weighted by atomic mass is 16.2. The molecule has 0 spiro atoms. The van der Waals surface area contributed by atoms with E-state index in [1.807, 2.05) is 28.8 Å². The summed E-state index contributed by atoms with van der Waals surface area (Å²) in [7, 11) is 2.01. The third-order valence-corrected chi connectivity index (χ3v) is 4.72. The number of aromatic nitrogens is 2. The molecule has 1 aliphatic rings. The molecule has 6 nitrogen and oxygen atoms in total. The van der Waals surface area contributed by atoms with E-state index in [2.05, 4.69) is 34.8 Å². The van der Waals surface area contributed by atoms with E-state index in [0.717, 1.165) is 44.5 Å². The van der Waals surface area contributed by atoms with Gasteiger partial charge in [-0.3, -0.25) is 0 Å². The zero-order valence-corrected chi connectivity index (χ0v) is 14.6. The van der Waals surface area contributed by atoms with E-state index in [9.17, 15) is 4.79 Å². The normalized spacial score (nSPS) is 18.1. The lowest BCUT2D eigenvalue weighted by molar-refractivity contribution is 0.153. The summed E-state index contributed by atoms with van der Waals surface area (Å²) >= 11 is 0. The molecule has 6 heteroatoms. The van der Waals surface area contributed by atoms with E-state index >= 15 is 0 Å². The van der Waals surface area contributed by atoms with Crippen LogP contribution >= 0.6 is 0 Å². The van der Waals surface area contributed by atoms with Crippen LogP contribution in [0.1, 0.15) is 25.3 Å². The summed E-state index contributed by atoms with van der Waals surface area (Å²) in [5.41, 5.74) is 2.22. The van der Waals surface area contributed by atoms with Crippen LogP contribution in [-0.4, -0.2) is 52.7 Å². The van der Waals surface area contributed by atoms with E-state index in [-0.39, 0.29) is 6.03 Å². The van der Waals surface area contributed by atoms with Crippen molar-refractivity contribution >= 4 is 17.1 Å². The number of carbonyl (C=O) groups is 1. The molecule has 1 atom stereocenters. The number of piperazine rings is 1. The van der Waals surface area contributed by atoms with Crippen molar-refractivity contribution in [2.24, 2.45) is 7.05 Å². The summed E-state index contributed by atoms with van der Waals surface area (Å²) in [5, 5.41) is 7.64. The number of hydrogen-bond donors (Lipinski definition) is 2. The molecule has 1 unspecified atom stereocenters. The fourth-order valence-corrected chi connectivity index (χ4v) is 3.52. The molecule has 1 saturated heterocycles. The lowest BCUT2D eigenvalue weighted by Gasteiger charge is -2.36. The molecule has 24 heavy (non-hydrogen) atoms. The lowest BCUT2D eigenvalue weighted by atomic mass is 10.1. The summed E-state index contributed by atoms with van der Waals surface area (Å²) in [6, 6.07) is 4.42. The van der Waals surface area contributed by atoms with Gasteiger partial charge in [0.25, 0.3) is 0 Å². The molecule has 3 heterocycles. The minimum atomic E-state index is 0.0633. The maximum Gasteiger partial charge on any atom is 0.317 e. The average Bonchev–Trinajstić information content (AvgIpc) is 2.92. The Labute approximate surface area is 143 Å². The van der Waals surface area contributed by atoms with Crippen LogP contribution < -0.4 is 10.6 Å². The van der Waals surface area contributed by atoms with Crippen molar-refractivity contribution in [3.63, 3.8) is 0 Å². The van der Waals surface area contributed by atoms with Crippen molar-refractivity contribution in [3.8, 4) is 0 Å². The van der Waals surface area contributed by atoms with Gasteiger partial charge >= 0.3 is 6.03 Å². The first-order valence-corrected chi connectivity index (χ1v) is 8.84. The monoisotopic (exact) mass is 329 g/mol. The van der Waals surface area contributed by atoms with Crippen molar-refractivity contribution in [1.29, 1.82) is 0 Å². The van der Waals surface area contributed by atoms with Gasteiger partial charge in [0.2, 0.25) is 0 Å². The smallest absolute Gasteiger partial charge is 0.317 e. The highest BCUT2D eigenvalue weighted by Gasteiger charge is 2.25. The topological polar surface area (TPSA) is 62.2 Å². The van der Waals surface area contributed by atoms with E-state index in [1.54, 1.807) is 0 Å². The Morgan fingerprint density at radius 1 is 1.50 bits per heavy atom. The number of rotatable bonds is 5. The van der Waals surface area contributed by atoms with Crippen LogP contribution in [0.3, 0.4) is 0 Å². The molecule has 0 aromatic carbocycles. The van der Waals surface area contributed by atoms with Gasteiger partial charge < -0.3 is 20.1 Å². The summed E-state index contributed by atoms with van der Waals surface area (Å²) < 4.78 is 2.04. The van der Waals surface area contributed by atoms with Crippen LogP contribution in [0.5, 0.6) is 0 Å². The Kier molecular flexibility index (Phi) is 5.35. The first-order chi connectivity index (χ1) is 11.7.